The lowest BCUT2D eigenvalue weighted by Gasteiger charge is -2.17. The monoisotopic (exact) mass is 459 g/mol. The number of H-pyrrole nitrogens is 1. The topological polar surface area (TPSA) is 66.1 Å². The molecule has 0 saturated carbocycles. The number of hydrogen-bond acceptors (Lipinski definition) is 5. The summed E-state index contributed by atoms with van der Waals surface area (Å²) in [5, 5.41) is 4.89. The number of amides is 1. The fourth-order valence-electron chi connectivity index (χ4n) is 3.82. The SMILES string of the molecule is Cc1ccc(-c2csc3nc(CC(=O)N(C)Cc4ccc5ccccc5c4)[nH]c(=O)c23)s1. The van der Waals surface area contributed by atoms with Crippen molar-refractivity contribution in [2.45, 2.75) is 19.9 Å². The Morgan fingerprint density at radius 3 is 2.69 bits per heavy atom. The fraction of sp³-hybridized carbons (Fsp3) is 0.160. The number of carbonyl (C=O) groups excluding carboxylic acids is 1. The first-order valence-electron chi connectivity index (χ1n) is 10.3. The zero-order chi connectivity index (χ0) is 22.2. The van der Waals surface area contributed by atoms with Crippen molar-refractivity contribution in [1.82, 2.24) is 14.9 Å². The third-order valence-corrected chi connectivity index (χ3v) is 7.38. The molecule has 160 valence electrons. The van der Waals surface area contributed by atoms with Gasteiger partial charge in [-0.05, 0) is 41.5 Å². The van der Waals surface area contributed by atoms with Crippen LogP contribution in [-0.2, 0) is 17.8 Å². The number of aromatic nitrogens is 2. The van der Waals surface area contributed by atoms with Crippen LogP contribution in [0.3, 0.4) is 0 Å². The summed E-state index contributed by atoms with van der Waals surface area (Å²) in [6.07, 6.45) is 0.0562. The lowest BCUT2D eigenvalue weighted by atomic mass is 10.1. The average molecular weight is 460 g/mol. The highest BCUT2D eigenvalue weighted by Gasteiger charge is 2.17. The minimum Gasteiger partial charge on any atom is -0.341 e. The molecule has 2 aromatic carbocycles. The van der Waals surface area contributed by atoms with E-state index < -0.39 is 0 Å². The van der Waals surface area contributed by atoms with Crippen LogP contribution in [0.1, 0.15) is 16.3 Å². The Balaban J connectivity index is 1.35. The number of benzene rings is 2. The third-order valence-electron chi connectivity index (χ3n) is 5.48. The summed E-state index contributed by atoms with van der Waals surface area (Å²) in [7, 11) is 1.77. The third kappa shape index (κ3) is 3.97. The molecule has 0 aliphatic rings. The molecule has 1 N–H and O–H groups in total. The van der Waals surface area contributed by atoms with Crippen molar-refractivity contribution in [2.24, 2.45) is 0 Å². The number of fused-ring (bicyclic) bond motifs is 2. The first-order chi connectivity index (χ1) is 15.5. The fourth-order valence-corrected chi connectivity index (χ4v) is 5.74. The summed E-state index contributed by atoms with van der Waals surface area (Å²) in [5.41, 5.74) is 1.77. The van der Waals surface area contributed by atoms with Gasteiger partial charge in [0, 0.05) is 34.3 Å². The van der Waals surface area contributed by atoms with E-state index >= 15 is 0 Å². The Labute approximate surface area is 193 Å². The van der Waals surface area contributed by atoms with Crippen LogP contribution in [0.15, 0.2) is 64.8 Å². The molecule has 7 heteroatoms. The molecule has 3 aromatic heterocycles. The van der Waals surface area contributed by atoms with E-state index in [4.69, 9.17) is 0 Å². The normalized spacial score (nSPS) is 11.3. The Morgan fingerprint density at radius 1 is 1.09 bits per heavy atom. The molecule has 0 radical (unpaired) electrons. The largest absolute Gasteiger partial charge is 0.341 e. The van der Waals surface area contributed by atoms with Crippen LogP contribution in [0, 0.1) is 6.92 Å². The predicted octanol–water partition coefficient (Wildman–Crippen LogP) is 5.38. The molecule has 32 heavy (non-hydrogen) atoms. The van der Waals surface area contributed by atoms with Gasteiger partial charge in [0.05, 0.1) is 11.8 Å². The van der Waals surface area contributed by atoms with E-state index in [1.165, 1.54) is 21.6 Å². The smallest absolute Gasteiger partial charge is 0.260 e. The van der Waals surface area contributed by atoms with Gasteiger partial charge in [0.1, 0.15) is 10.7 Å². The first-order valence-corrected chi connectivity index (χ1v) is 12.0. The molecule has 0 spiro atoms. The van der Waals surface area contributed by atoms with E-state index in [2.05, 4.69) is 34.2 Å². The van der Waals surface area contributed by atoms with Crippen LogP contribution < -0.4 is 5.56 Å². The van der Waals surface area contributed by atoms with Crippen molar-refractivity contribution in [3.05, 3.63) is 86.6 Å². The van der Waals surface area contributed by atoms with Crippen LogP contribution in [0.5, 0.6) is 0 Å². The van der Waals surface area contributed by atoms with Crippen molar-refractivity contribution in [3.8, 4) is 10.4 Å². The Morgan fingerprint density at radius 2 is 1.91 bits per heavy atom. The zero-order valence-electron chi connectivity index (χ0n) is 17.7. The summed E-state index contributed by atoms with van der Waals surface area (Å²) >= 11 is 3.09. The Kier molecular flexibility index (Phi) is 5.36. The standard InChI is InChI=1S/C25H21N3O2S2/c1-15-7-10-20(32-15)19-14-31-25-23(19)24(30)26-21(27-25)12-22(29)28(2)13-16-8-9-17-5-3-4-6-18(17)11-16/h3-11,14H,12-13H2,1-2H3,(H,26,27,30). The van der Waals surface area contributed by atoms with Crippen molar-refractivity contribution in [1.29, 1.82) is 0 Å². The highest BCUT2D eigenvalue weighted by atomic mass is 32.1. The number of carbonyl (C=O) groups is 1. The number of likely N-dealkylation sites (N-methyl/N-ethyl adjacent to an activating group) is 1. The number of nitrogens with one attached hydrogen (secondary N) is 1. The maximum absolute atomic E-state index is 12.8. The van der Waals surface area contributed by atoms with Gasteiger partial charge in [0.25, 0.3) is 5.56 Å². The average Bonchev–Trinajstić information content (AvgIpc) is 3.40. The van der Waals surface area contributed by atoms with Gasteiger partial charge in [-0.1, -0.05) is 36.4 Å². The van der Waals surface area contributed by atoms with Crippen molar-refractivity contribution in [2.75, 3.05) is 7.05 Å². The number of thiophene rings is 2. The summed E-state index contributed by atoms with van der Waals surface area (Å²) in [6, 6.07) is 18.4. The quantitative estimate of drug-likeness (QED) is 0.384. The van der Waals surface area contributed by atoms with E-state index in [1.807, 2.05) is 42.6 Å². The second-order valence-corrected chi connectivity index (χ2v) is 10.0. The molecule has 3 heterocycles. The lowest BCUT2D eigenvalue weighted by Crippen LogP contribution is -2.29. The van der Waals surface area contributed by atoms with E-state index in [1.54, 1.807) is 23.3 Å². The van der Waals surface area contributed by atoms with Gasteiger partial charge in [-0.15, -0.1) is 22.7 Å². The second kappa shape index (κ2) is 8.33. The van der Waals surface area contributed by atoms with E-state index in [0.717, 1.165) is 21.4 Å². The molecule has 1 amide bonds. The van der Waals surface area contributed by atoms with E-state index in [-0.39, 0.29) is 17.9 Å². The van der Waals surface area contributed by atoms with Gasteiger partial charge < -0.3 is 9.88 Å². The molecule has 0 aliphatic heterocycles. The zero-order valence-corrected chi connectivity index (χ0v) is 19.3. The van der Waals surface area contributed by atoms with Gasteiger partial charge in [-0.25, -0.2) is 4.98 Å². The van der Waals surface area contributed by atoms with E-state index in [0.29, 0.717) is 22.6 Å². The maximum atomic E-state index is 12.8. The molecular formula is C25H21N3O2S2. The minimum absolute atomic E-state index is 0.0562. The number of hydrogen-bond donors (Lipinski definition) is 1. The van der Waals surface area contributed by atoms with Crippen LogP contribution in [0.4, 0.5) is 0 Å². The molecule has 0 bridgehead atoms. The van der Waals surface area contributed by atoms with Gasteiger partial charge >= 0.3 is 0 Å². The van der Waals surface area contributed by atoms with Crippen LogP contribution in [0.25, 0.3) is 31.4 Å². The summed E-state index contributed by atoms with van der Waals surface area (Å²) < 4.78 is 0. The van der Waals surface area contributed by atoms with Crippen molar-refractivity contribution >= 4 is 49.6 Å². The molecule has 5 rings (SSSR count). The molecule has 0 aliphatic carbocycles. The first kappa shape index (κ1) is 20.6. The molecule has 0 saturated heterocycles. The number of aryl methyl sites for hydroxylation is 1. The molecule has 5 nitrogen and oxygen atoms in total. The highest BCUT2D eigenvalue weighted by Crippen LogP contribution is 2.35. The lowest BCUT2D eigenvalue weighted by molar-refractivity contribution is -0.129. The summed E-state index contributed by atoms with van der Waals surface area (Å²) in [4.78, 5) is 37.6. The molecule has 0 unspecified atom stereocenters. The summed E-state index contributed by atoms with van der Waals surface area (Å²) in [5.74, 6) is 0.306. The van der Waals surface area contributed by atoms with Crippen molar-refractivity contribution in [3.63, 3.8) is 0 Å². The van der Waals surface area contributed by atoms with Crippen molar-refractivity contribution < 1.29 is 4.79 Å². The molecule has 0 atom stereocenters. The minimum atomic E-state index is -0.197. The van der Waals surface area contributed by atoms with Gasteiger partial charge in [0.2, 0.25) is 5.91 Å². The summed E-state index contributed by atoms with van der Waals surface area (Å²) in [6.45, 7) is 2.54. The van der Waals surface area contributed by atoms with Gasteiger partial charge in [-0.3, -0.25) is 9.59 Å². The predicted molar refractivity (Wildman–Crippen MR) is 132 cm³/mol. The molecule has 5 aromatic rings. The number of nitrogens with zero attached hydrogens (tertiary/aromatic N) is 2. The van der Waals surface area contributed by atoms with Gasteiger partial charge in [0.15, 0.2) is 0 Å². The van der Waals surface area contributed by atoms with Crippen LogP contribution >= 0.6 is 22.7 Å². The highest BCUT2D eigenvalue weighted by molar-refractivity contribution is 7.19. The Hall–Kier alpha value is -3.29. The van der Waals surface area contributed by atoms with Crippen LogP contribution in [0.2, 0.25) is 0 Å². The van der Waals surface area contributed by atoms with Crippen LogP contribution in [-0.4, -0.2) is 27.8 Å². The number of rotatable bonds is 5. The Bertz CT molecular complexity index is 1510. The van der Waals surface area contributed by atoms with Gasteiger partial charge in [-0.2, -0.15) is 0 Å². The molecule has 0 fully saturated rings. The number of aromatic amines is 1. The van der Waals surface area contributed by atoms with E-state index in [9.17, 15) is 9.59 Å². The maximum Gasteiger partial charge on any atom is 0.260 e. The second-order valence-electron chi connectivity index (χ2n) is 7.86. The molecular weight excluding hydrogens is 438 g/mol.